The summed E-state index contributed by atoms with van der Waals surface area (Å²) in [7, 11) is 1.62. The van der Waals surface area contributed by atoms with Crippen LogP contribution in [0.1, 0.15) is 23.2 Å². The normalized spacial score (nSPS) is 13.7. The van der Waals surface area contributed by atoms with Gasteiger partial charge in [-0.2, -0.15) is 0 Å². The highest BCUT2D eigenvalue weighted by atomic mass is 79.9. The third-order valence-electron chi connectivity index (χ3n) is 2.11. The van der Waals surface area contributed by atoms with Gasteiger partial charge in [0.25, 0.3) is 9.05 Å². The van der Waals surface area contributed by atoms with Crippen molar-refractivity contribution >= 4 is 51.6 Å². The minimum Gasteiger partial charge on any atom is -0.207 e. The summed E-state index contributed by atoms with van der Waals surface area (Å²) in [5, 5.41) is 0.962. The number of hydrogen-bond donors (Lipinski definition) is 0. The molecule has 0 heterocycles. The van der Waals surface area contributed by atoms with Crippen LogP contribution >= 0.6 is 42.5 Å². The molecular formula is C10H11Br2ClO2S. The van der Waals surface area contributed by atoms with Crippen LogP contribution < -0.4 is 0 Å². The SMILES string of the molecule is O=S(=O)(Cl)c1ccc(C(Br)CCCBr)cc1. The smallest absolute Gasteiger partial charge is 0.207 e. The number of rotatable bonds is 5. The Bertz CT molecular complexity index is 431. The first kappa shape index (κ1) is 14.5. The van der Waals surface area contributed by atoms with Crippen molar-refractivity contribution in [3.63, 3.8) is 0 Å². The lowest BCUT2D eigenvalue weighted by Gasteiger charge is -2.09. The summed E-state index contributed by atoms with van der Waals surface area (Å²) in [5.74, 6) is 0. The summed E-state index contributed by atoms with van der Waals surface area (Å²) in [6.07, 6.45) is 2.06. The van der Waals surface area contributed by atoms with Gasteiger partial charge in [0.2, 0.25) is 0 Å². The lowest BCUT2D eigenvalue weighted by Crippen LogP contribution is -1.94. The fourth-order valence-electron chi connectivity index (χ4n) is 1.26. The van der Waals surface area contributed by atoms with Gasteiger partial charge in [0.05, 0.1) is 4.90 Å². The molecule has 90 valence electrons. The highest BCUT2D eigenvalue weighted by Gasteiger charge is 2.11. The molecule has 0 fully saturated rings. The van der Waals surface area contributed by atoms with Crippen molar-refractivity contribution in [1.29, 1.82) is 0 Å². The van der Waals surface area contributed by atoms with Crippen LogP contribution in [0.4, 0.5) is 0 Å². The van der Waals surface area contributed by atoms with Crippen molar-refractivity contribution in [3.05, 3.63) is 29.8 Å². The van der Waals surface area contributed by atoms with Crippen LogP contribution in [0.25, 0.3) is 0 Å². The monoisotopic (exact) mass is 388 g/mol. The fourth-order valence-corrected chi connectivity index (χ4v) is 2.98. The largest absolute Gasteiger partial charge is 0.261 e. The average Bonchev–Trinajstić information content (AvgIpc) is 2.25. The van der Waals surface area contributed by atoms with Gasteiger partial charge in [0.1, 0.15) is 0 Å². The average molecular weight is 391 g/mol. The summed E-state index contributed by atoms with van der Waals surface area (Å²) in [4.78, 5) is 0.384. The van der Waals surface area contributed by atoms with Crippen LogP contribution in [0.15, 0.2) is 29.2 Å². The second-order valence-electron chi connectivity index (χ2n) is 3.31. The number of alkyl halides is 2. The first-order chi connectivity index (χ1) is 7.45. The maximum absolute atomic E-state index is 11.0. The van der Waals surface area contributed by atoms with E-state index in [4.69, 9.17) is 10.7 Å². The maximum Gasteiger partial charge on any atom is 0.261 e. The van der Waals surface area contributed by atoms with Crippen LogP contribution in [-0.4, -0.2) is 13.7 Å². The van der Waals surface area contributed by atoms with Gasteiger partial charge >= 0.3 is 0 Å². The summed E-state index contributed by atoms with van der Waals surface area (Å²) < 4.78 is 22.1. The van der Waals surface area contributed by atoms with Gasteiger partial charge in [0, 0.05) is 20.8 Å². The van der Waals surface area contributed by atoms with Crippen molar-refractivity contribution < 1.29 is 8.42 Å². The van der Waals surface area contributed by atoms with Crippen molar-refractivity contribution in [2.75, 3.05) is 5.33 Å². The van der Waals surface area contributed by atoms with Gasteiger partial charge in [0.15, 0.2) is 0 Å². The molecule has 1 unspecified atom stereocenters. The molecule has 1 aromatic carbocycles. The standard InChI is InChI=1S/C10H11Br2ClO2S/c11-7-1-2-10(12)8-3-5-9(6-4-8)16(13,14)15/h3-6,10H,1-2,7H2. The van der Waals surface area contributed by atoms with E-state index in [1.807, 2.05) is 0 Å². The van der Waals surface area contributed by atoms with Crippen molar-refractivity contribution in [1.82, 2.24) is 0 Å². The molecule has 0 aliphatic carbocycles. The zero-order chi connectivity index (χ0) is 12.2. The van der Waals surface area contributed by atoms with Crippen LogP contribution in [0.2, 0.25) is 0 Å². The Morgan fingerprint density at radius 1 is 1.25 bits per heavy atom. The molecule has 1 rings (SSSR count). The van der Waals surface area contributed by atoms with Gasteiger partial charge in [-0.15, -0.1) is 0 Å². The van der Waals surface area contributed by atoms with E-state index in [1.165, 1.54) is 12.1 Å². The first-order valence-corrected chi connectivity index (χ1v) is 9.04. The molecule has 1 aromatic rings. The lowest BCUT2D eigenvalue weighted by atomic mass is 10.1. The lowest BCUT2D eigenvalue weighted by molar-refractivity contribution is 0.609. The van der Waals surface area contributed by atoms with Crippen molar-refractivity contribution in [2.24, 2.45) is 0 Å². The van der Waals surface area contributed by atoms with E-state index in [9.17, 15) is 8.42 Å². The summed E-state index contributed by atoms with van der Waals surface area (Å²) in [6, 6.07) is 6.62. The number of halogens is 3. The van der Waals surface area contributed by atoms with Gasteiger partial charge in [-0.05, 0) is 30.5 Å². The van der Waals surface area contributed by atoms with E-state index in [-0.39, 0.29) is 9.72 Å². The molecule has 0 aliphatic rings. The summed E-state index contributed by atoms with van der Waals surface area (Å²) >= 11 is 6.93. The zero-order valence-corrected chi connectivity index (χ0v) is 13.1. The molecule has 0 amide bonds. The van der Waals surface area contributed by atoms with E-state index in [1.54, 1.807) is 12.1 Å². The summed E-state index contributed by atoms with van der Waals surface area (Å²) in [6.45, 7) is 0. The van der Waals surface area contributed by atoms with Gasteiger partial charge in [-0.25, -0.2) is 8.42 Å². The maximum atomic E-state index is 11.0. The number of benzene rings is 1. The Morgan fingerprint density at radius 2 is 1.81 bits per heavy atom. The summed E-state index contributed by atoms with van der Waals surface area (Å²) in [5.41, 5.74) is 1.06. The molecule has 6 heteroatoms. The molecule has 16 heavy (non-hydrogen) atoms. The first-order valence-electron chi connectivity index (χ1n) is 4.70. The fraction of sp³-hybridized carbons (Fsp3) is 0.400. The van der Waals surface area contributed by atoms with Crippen LogP contribution in [0.3, 0.4) is 0 Å². The second kappa shape index (κ2) is 6.38. The van der Waals surface area contributed by atoms with Gasteiger partial charge < -0.3 is 0 Å². The third-order valence-corrected chi connectivity index (χ3v) is 5.03. The number of hydrogen-bond acceptors (Lipinski definition) is 2. The molecule has 0 radical (unpaired) electrons. The van der Waals surface area contributed by atoms with Gasteiger partial charge in [-0.1, -0.05) is 44.0 Å². The third kappa shape index (κ3) is 4.35. The van der Waals surface area contributed by atoms with Crippen molar-refractivity contribution in [3.8, 4) is 0 Å². The molecule has 0 spiro atoms. The van der Waals surface area contributed by atoms with E-state index in [0.717, 1.165) is 23.7 Å². The Labute approximate surface area is 117 Å². The molecule has 0 N–H and O–H groups in total. The quantitative estimate of drug-likeness (QED) is 0.557. The molecule has 0 saturated carbocycles. The molecular weight excluding hydrogens is 379 g/mol. The van der Waals surface area contributed by atoms with Crippen LogP contribution in [0, 0.1) is 0 Å². The van der Waals surface area contributed by atoms with E-state index < -0.39 is 9.05 Å². The predicted molar refractivity (Wildman–Crippen MR) is 74.2 cm³/mol. The predicted octanol–water partition coefficient (Wildman–Crippen LogP) is 4.23. The van der Waals surface area contributed by atoms with E-state index in [2.05, 4.69) is 31.9 Å². The molecule has 2 nitrogen and oxygen atoms in total. The zero-order valence-electron chi connectivity index (χ0n) is 8.37. The minimum atomic E-state index is -3.61. The highest BCUT2D eigenvalue weighted by Crippen LogP contribution is 2.29. The molecule has 0 bridgehead atoms. The Kier molecular flexibility index (Phi) is 5.77. The Hall–Kier alpha value is 0.420. The van der Waals surface area contributed by atoms with Gasteiger partial charge in [-0.3, -0.25) is 0 Å². The Balaban J connectivity index is 2.79. The van der Waals surface area contributed by atoms with Crippen molar-refractivity contribution in [2.45, 2.75) is 22.6 Å². The topological polar surface area (TPSA) is 34.1 Å². The van der Waals surface area contributed by atoms with E-state index in [0.29, 0.717) is 0 Å². The van der Waals surface area contributed by atoms with E-state index >= 15 is 0 Å². The van der Waals surface area contributed by atoms with Crippen LogP contribution in [0.5, 0.6) is 0 Å². The van der Waals surface area contributed by atoms with Crippen LogP contribution in [-0.2, 0) is 9.05 Å². The minimum absolute atomic E-state index is 0.137. The molecule has 0 saturated heterocycles. The molecule has 0 aromatic heterocycles. The highest BCUT2D eigenvalue weighted by molar-refractivity contribution is 9.09. The molecule has 1 atom stereocenters. The second-order valence-corrected chi connectivity index (χ2v) is 7.77. The Morgan fingerprint density at radius 3 is 2.25 bits per heavy atom. The molecule has 0 aliphatic heterocycles.